The molecule has 0 spiro atoms. The summed E-state index contributed by atoms with van der Waals surface area (Å²) >= 11 is 6.10. The molecule has 0 aliphatic rings. The molecule has 0 radical (unpaired) electrons. The lowest BCUT2D eigenvalue weighted by Gasteiger charge is -2.31. The molecule has 0 saturated carbocycles. The van der Waals surface area contributed by atoms with Crippen molar-refractivity contribution in [3.8, 4) is 0 Å². The van der Waals surface area contributed by atoms with E-state index in [4.69, 9.17) is 11.6 Å². The first-order valence-corrected chi connectivity index (χ1v) is 9.17. The van der Waals surface area contributed by atoms with Crippen LogP contribution < -0.4 is 10.0 Å². The second kappa shape index (κ2) is 7.58. The number of hydrogen-bond acceptors (Lipinski definition) is 3. The predicted molar refractivity (Wildman–Crippen MR) is 88.1 cm³/mol. The zero-order chi connectivity index (χ0) is 16.1. The van der Waals surface area contributed by atoms with Crippen molar-refractivity contribution in [2.24, 2.45) is 0 Å². The van der Waals surface area contributed by atoms with Crippen LogP contribution in [0.3, 0.4) is 0 Å². The Kier molecular flexibility index (Phi) is 6.66. The molecule has 0 saturated heterocycles. The molecule has 0 heterocycles. The number of hydrogen-bond donors (Lipinski definition) is 2. The van der Waals surface area contributed by atoms with Gasteiger partial charge in [-0.3, -0.25) is 0 Å². The lowest BCUT2D eigenvalue weighted by atomic mass is 9.91. The van der Waals surface area contributed by atoms with Gasteiger partial charge in [0.15, 0.2) is 0 Å². The van der Waals surface area contributed by atoms with Gasteiger partial charge in [0.1, 0.15) is 4.90 Å². The molecule has 0 bridgehead atoms. The summed E-state index contributed by atoms with van der Waals surface area (Å²) in [6.45, 7) is 6.58. The van der Waals surface area contributed by atoms with Gasteiger partial charge in [-0.25, -0.2) is 13.1 Å². The average molecular weight is 333 g/mol. The third-order valence-corrected chi connectivity index (χ3v) is 6.11. The average Bonchev–Trinajstić information content (AvgIpc) is 2.47. The Bertz CT molecular complexity index is 561. The minimum atomic E-state index is -3.64. The Morgan fingerprint density at radius 2 is 1.71 bits per heavy atom. The molecule has 1 rings (SSSR count). The van der Waals surface area contributed by atoms with Crippen molar-refractivity contribution in [2.75, 3.05) is 7.05 Å². The van der Waals surface area contributed by atoms with Crippen molar-refractivity contribution in [3.05, 3.63) is 28.8 Å². The van der Waals surface area contributed by atoms with Gasteiger partial charge in [0.25, 0.3) is 0 Å². The number of sulfonamides is 1. The zero-order valence-corrected chi connectivity index (χ0v) is 14.7. The van der Waals surface area contributed by atoms with E-state index in [0.29, 0.717) is 6.54 Å². The first kappa shape index (κ1) is 18.4. The summed E-state index contributed by atoms with van der Waals surface area (Å²) in [6.07, 6.45) is 2.23. The summed E-state index contributed by atoms with van der Waals surface area (Å²) in [4.78, 5) is 0.150. The Morgan fingerprint density at radius 1 is 1.14 bits per heavy atom. The maximum atomic E-state index is 12.7. The van der Waals surface area contributed by atoms with Gasteiger partial charge in [-0.1, -0.05) is 38.4 Å². The highest BCUT2D eigenvalue weighted by Crippen LogP contribution is 2.27. The summed E-state index contributed by atoms with van der Waals surface area (Å²) in [5.74, 6) is 0. The van der Waals surface area contributed by atoms with Crippen molar-refractivity contribution in [1.29, 1.82) is 0 Å². The van der Waals surface area contributed by atoms with Gasteiger partial charge in [0, 0.05) is 12.1 Å². The van der Waals surface area contributed by atoms with Gasteiger partial charge in [-0.15, -0.1) is 0 Å². The quantitative estimate of drug-likeness (QED) is 0.768. The fraction of sp³-hybridized carbons (Fsp3) is 0.600. The molecule has 2 N–H and O–H groups in total. The van der Waals surface area contributed by atoms with E-state index in [1.807, 2.05) is 33.9 Å². The summed E-state index contributed by atoms with van der Waals surface area (Å²) in [5, 5.41) is 3.26. The van der Waals surface area contributed by atoms with Gasteiger partial charge < -0.3 is 5.32 Å². The third-order valence-electron chi connectivity index (χ3n) is 4.05. The maximum Gasteiger partial charge on any atom is 0.242 e. The van der Waals surface area contributed by atoms with Crippen molar-refractivity contribution >= 4 is 21.6 Å². The lowest BCUT2D eigenvalue weighted by Crippen LogP contribution is -2.47. The molecule has 0 amide bonds. The van der Waals surface area contributed by atoms with Gasteiger partial charge in [-0.05, 0) is 44.0 Å². The van der Waals surface area contributed by atoms with Crippen molar-refractivity contribution in [1.82, 2.24) is 10.0 Å². The second-order valence-corrected chi connectivity index (χ2v) is 7.30. The van der Waals surface area contributed by atoms with E-state index in [2.05, 4.69) is 10.0 Å². The topological polar surface area (TPSA) is 58.2 Å². The third kappa shape index (κ3) is 4.42. The second-order valence-electron chi connectivity index (χ2n) is 5.24. The van der Waals surface area contributed by atoms with Crippen LogP contribution in [0.2, 0.25) is 5.02 Å². The normalized spacial score (nSPS) is 12.6. The van der Waals surface area contributed by atoms with Crippen LogP contribution in [0, 0.1) is 0 Å². The van der Waals surface area contributed by atoms with Crippen LogP contribution in [0.4, 0.5) is 0 Å². The van der Waals surface area contributed by atoms with E-state index in [9.17, 15) is 8.42 Å². The van der Waals surface area contributed by atoms with E-state index < -0.39 is 15.6 Å². The minimum Gasteiger partial charge on any atom is -0.316 e. The molecule has 0 aliphatic heterocycles. The van der Waals surface area contributed by atoms with Gasteiger partial charge in [0.2, 0.25) is 10.0 Å². The van der Waals surface area contributed by atoms with E-state index in [-0.39, 0.29) is 9.92 Å². The summed E-state index contributed by atoms with van der Waals surface area (Å²) in [7, 11) is -1.82. The van der Waals surface area contributed by atoms with Gasteiger partial charge in [-0.2, -0.15) is 0 Å². The molecule has 0 aliphatic carbocycles. The summed E-state index contributed by atoms with van der Waals surface area (Å²) in [6, 6.07) is 5.09. The highest BCUT2D eigenvalue weighted by atomic mass is 35.5. The monoisotopic (exact) mass is 332 g/mol. The van der Waals surface area contributed by atoms with Crippen LogP contribution in [0.5, 0.6) is 0 Å². The largest absolute Gasteiger partial charge is 0.316 e. The van der Waals surface area contributed by atoms with Gasteiger partial charge in [0.05, 0.1) is 5.02 Å². The van der Waals surface area contributed by atoms with Crippen molar-refractivity contribution in [2.45, 2.75) is 57.0 Å². The zero-order valence-electron chi connectivity index (χ0n) is 13.2. The first-order valence-electron chi connectivity index (χ1n) is 7.31. The number of rotatable bonds is 8. The molecule has 0 unspecified atom stereocenters. The van der Waals surface area contributed by atoms with E-state index in [0.717, 1.165) is 24.8 Å². The molecule has 21 heavy (non-hydrogen) atoms. The van der Waals surface area contributed by atoms with Crippen LogP contribution >= 0.6 is 11.6 Å². The Hall–Kier alpha value is -0.620. The highest BCUT2D eigenvalue weighted by Gasteiger charge is 2.31. The molecule has 1 aromatic carbocycles. The fourth-order valence-corrected chi connectivity index (χ4v) is 4.54. The van der Waals surface area contributed by atoms with Crippen LogP contribution in [0.15, 0.2) is 23.1 Å². The molecule has 0 aromatic heterocycles. The fourth-order valence-electron chi connectivity index (χ4n) is 2.37. The molecular weight excluding hydrogens is 308 g/mol. The van der Waals surface area contributed by atoms with E-state index >= 15 is 0 Å². The maximum absolute atomic E-state index is 12.7. The molecule has 0 fully saturated rings. The minimum absolute atomic E-state index is 0.150. The Labute approximate surface area is 133 Å². The molecule has 6 heteroatoms. The number of nitrogens with one attached hydrogen (secondary N) is 2. The lowest BCUT2D eigenvalue weighted by molar-refractivity contribution is 0.341. The number of halogens is 1. The Balaban J connectivity index is 3.21. The predicted octanol–water partition coefficient (Wildman–Crippen LogP) is 3.31. The van der Waals surface area contributed by atoms with Crippen molar-refractivity contribution in [3.63, 3.8) is 0 Å². The Morgan fingerprint density at radius 3 is 2.19 bits per heavy atom. The molecular formula is C15H25ClN2O2S. The molecule has 4 nitrogen and oxygen atoms in total. The summed E-state index contributed by atoms with van der Waals surface area (Å²) < 4.78 is 28.2. The smallest absolute Gasteiger partial charge is 0.242 e. The molecule has 1 aromatic rings. The van der Waals surface area contributed by atoms with Crippen LogP contribution in [-0.4, -0.2) is 21.0 Å². The van der Waals surface area contributed by atoms with Crippen LogP contribution in [-0.2, 0) is 16.6 Å². The number of benzene rings is 1. The highest BCUT2D eigenvalue weighted by molar-refractivity contribution is 7.89. The van der Waals surface area contributed by atoms with Crippen molar-refractivity contribution < 1.29 is 8.42 Å². The first-order chi connectivity index (χ1) is 9.84. The van der Waals surface area contributed by atoms with E-state index in [1.165, 1.54) is 0 Å². The summed E-state index contributed by atoms with van der Waals surface area (Å²) in [5.41, 5.74) is 0.471. The van der Waals surface area contributed by atoms with Crippen LogP contribution in [0.1, 0.15) is 45.6 Å². The van der Waals surface area contributed by atoms with E-state index in [1.54, 1.807) is 12.1 Å². The van der Waals surface area contributed by atoms with Crippen LogP contribution in [0.25, 0.3) is 0 Å². The molecule has 120 valence electrons. The standard InChI is InChI=1S/C15H25ClN2O2S/c1-5-15(6-2,7-3)18-21(19,20)14-10-12(11-17-4)8-9-13(14)16/h8-10,17-18H,5-7,11H2,1-4H3. The molecule has 0 atom stereocenters. The van der Waals surface area contributed by atoms with Gasteiger partial charge >= 0.3 is 0 Å². The SMILES string of the molecule is CCC(CC)(CC)NS(=O)(=O)c1cc(CNC)ccc1Cl.